The van der Waals surface area contributed by atoms with E-state index in [1.165, 1.54) is 12.0 Å². The van der Waals surface area contributed by atoms with Crippen molar-refractivity contribution in [2.45, 2.75) is 12.8 Å². The van der Waals surface area contributed by atoms with Crippen molar-refractivity contribution in [1.82, 2.24) is 4.90 Å². The Morgan fingerprint density at radius 2 is 1.73 bits per heavy atom. The SMILES string of the molecule is COc1ccc(CCCN(C)C)cc1.Cl. The summed E-state index contributed by atoms with van der Waals surface area (Å²) in [6.07, 6.45) is 2.35. The molecule has 1 aromatic carbocycles. The van der Waals surface area contributed by atoms with Crippen LogP contribution in [0.3, 0.4) is 0 Å². The van der Waals surface area contributed by atoms with Crippen LogP contribution in [0.25, 0.3) is 0 Å². The number of hydrogen-bond acceptors (Lipinski definition) is 2. The number of halogens is 1. The van der Waals surface area contributed by atoms with Gasteiger partial charge in [0.2, 0.25) is 0 Å². The smallest absolute Gasteiger partial charge is 0.118 e. The maximum absolute atomic E-state index is 5.10. The number of rotatable bonds is 5. The summed E-state index contributed by atoms with van der Waals surface area (Å²) in [7, 11) is 5.91. The first-order valence-electron chi connectivity index (χ1n) is 5.00. The number of hydrogen-bond donors (Lipinski definition) is 0. The van der Waals surface area contributed by atoms with Crippen molar-refractivity contribution >= 4 is 12.4 Å². The van der Waals surface area contributed by atoms with Gasteiger partial charge in [0.1, 0.15) is 5.75 Å². The molecule has 0 bridgehead atoms. The van der Waals surface area contributed by atoms with Crippen LogP contribution in [0.2, 0.25) is 0 Å². The van der Waals surface area contributed by atoms with Gasteiger partial charge >= 0.3 is 0 Å². The number of ether oxygens (including phenoxy) is 1. The van der Waals surface area contributed by atoms with E-state index in [1.807, 2.05) is 12.1 Å². The van der Waals surface area contributed by atoms with Gasteiger partial charge in [-0.15, -0.1) is 12.4 Å². The zero-order chi connectivity index (χ0) is 10.4. The molecule has 0 fully saturated rings. The molecule has 0 heterocycles. The van der Waals surface area contributed by atoms with Crippen LogP contribution in [0.1, 0.15) is 12.0 Å². The summed E-state index contributed by atoms with van der Waals surface area (Å²) in [6, 6.07) is 8.30. The molecule has 0 aliphatic heterocycles. The van der Waals surface area contributed by atoms with Crippen LogP contribution in [0.5, 0.6) is 5.75 Å². The Bertz CT molecular complexity index is 259. The third-order valence-corrected chi connectivity index (χ3v) is 2.23. The van der Waals surface area contributed by atoms with Gasteiger partial charge in [-0.3, -0.25) is 0 Å². The van der Waals surface area contributed by atoms with Crippen LogP contribution >= 0.6 is 12.4 Å². The molecule has 86 valence electrons. The van der Waals surface area contributed by atoms with Crippen molar-refractivity contribution in [2.24, 2.45) is 0 Å². The minimum atomic E-state index is 0. The lowest BCUT2D eigenvalue weighted by Crippen LogP contribution is -2.13. The summed E-state index contributed by atoms with van der Waals surface area (Å²) in [6.45, 7) is 1.14. The number of aryl methyl sites for hydroxylation is 1. The van der Waals surface area contributed by atoms with Gasteiger partial charge in [-0.25, -0.2) is 0 Å². The summed E-state index contributed by atoms with van der Waals surface area (Å²) < 4.78 is 5.10. The molecule has 3 heteroatoms. The molecule has 0 aliphatic rings. The van der Waals surface area contributed by atoms with Gasteiger partial charge in [0.25, 0.3) is 0 Å². The third kappa shape index (κ3) is 5.65. The lowest BCUT2D eigenvalue weighted by atomic mass is 10.1. The van der Waals surface area contributed by atoms with Gasteiger partial charge in [0.15, 0.2) is 0 Å². The monoisotopic (exact) mass is 229 g/mol. The van der Waals surface area contributed by atoms with Gasteiger partial charge in [-0.2, -0.15) is 0 Å². The molecule has 0 aliphatic carbocycles. The fourth-order valence-corrected chi connectivity index (χ4v) is 1.39. The number of methoxy groups -OCH3 is 1. The summed E-state index contributed by atoms with van der Waals surface area (Å²) in [5.41, 5.74) is 1.38. The molecule has 1 aromatic rings. The molecule has 0 amide bonds. The van der Waals surface area contributed by atoms with Gasteiger partial charge in [0, 0.05) is 0 Å². The molecular weight excluding hydrogens is 210 g/mol. The minimum absolute atomic E-state index is 0. The summed E-state index contributed by atoms with van der Waals surface area (Å²) >= 11 is 0. The average Bonchev–Trinajstić information content (AvgIpc) is 2.18. The first-order valence-corrected chi connectivity index (χ1v) is 5.00. The second-order valence-corrected chi connectivity index (χ2v) is 3.75. The highest BCUT2D eigenvalue weighted by Crippen LogP contribution is 2.12. The highest BCUT2D eigenvalue weighted by molar-refractivity contribution is 5.85. The zero-order valence-corrected chi connectivity index (χ0v) is 10.5. The molecule has 0 saturated carbocycles. The fraction of sp³-hybridized carbons (Fsp3) is 0.500. The van der Waals surface area contributed by atoms with E-state index < -0.39 is 0 Å². The summed E-state index contributed by atoms with van der Waals surface area (Å²) in [5.74, 6) is 0.932. The maximum atomic E-state index is 5.10. The highest BCUT2D eigenvalue weighted by atomic mass is 35.5. The van der Waals surface area contributed by atoms with E-state index in [4.69, 9.17) is 4.74 Å². The summed E-state index contributed by atoms with van der Waals surface area (Å²) in [5, 5.41) is 0. The molecular formula is C12H20ClNO. The van der Waals surface area contributed by atoms with E-state index in [2.05, 4.69) is 31.1 Å². The van der Waals surface area contributed by atoms with Crippen molar-refractivity contribution in [3.8, 4) is 5.75 Å². The van der Waals surface area contributed by atoms with Crippen molar-refractivity contribution in [1.29, 1.82) is 0 Å². The van der Waals surface area contributed by atoms with Crippen molar-refractivity contribution in [2.75, 3.05) is 27.7 Å². The Labute approximate surface area is 98.6 Å². The molecule has 0 aromatic heterocycles. The van der Waals surface area contributed by atoms with Gasteiger partial charge in [-0.05, 0) is 51.2 Å². The number of nitrogens with zero attached hydrogens (tertiary/aromatic N) is 1. The van der Waals surface area contributed by atoms with Crippen LogP contribution < -0.4 is 4.74 Å². The van der Waals surface area contributed by atoms with E-state index >= 15 is 0 Å². The molecule has 0 N–H and O–H groups in total. The normalized spacial score (nSPS) is 9.87. The molecule has 15 heavy (non-hydrogen) atoms. The van der Waals surface area contributed by atoms with Crippen molar-refractivity contribution in [3.05, 3.63) is 29.8 Å². The largest absolute Gasteiger partial charge is 0.497 e. The van der Waals surface area contributed by atoms with Crippen molar-refractivity contribution in [3.63, 3.8) is 0 Å². The molecule has 1 rings (SSSR count). The Kier molecular flexibility index (Phi) is 7.18. The third-order valence-electron chi connectivity index (χ3n) is 2.23. The predicted octanol–water partition coefficient (Wildman–Crippen LogP) is 2.61. The first-order chi connectivity index (χ1) is 6.72. The van der Waals surface area contributed by atoms with Crippen molar-refractivity contribution < 1.29 is 4.74 Å². The molecule has 0 radical (unpaired) electrons. The Balaban J connectivity index is 0.00000196. The lowest BCUT2D eigenvalue weighted by Gasteiger charge is -2.09. The maximum Gasteiger partial charge on any atom is 0.118 e. The highest BCUT2D eigenvalue weighted by Gasteiger charge is 1.95. The fourth-order valence-electron chi connectivity index (χ4n) is 1.39. The quantitative estimate of drug-likeness (QED) is 0.770. The predicted molar refractivity (Wildman–Crippen MR) is 67.1 cm³/mol. The molecule has 0 saturated heterocycles. The Morgan fingerprint density at radius 3 is 2.20 bits per heavy atom. The van der Waals surface area contributed by atoms with Crippen LogP contribution in [-0.2, 0) is 6.42 Å². The molecule has 2 nitrogen and oxygen atoms in total. The van der Waals surface area contributed by atoms with Gasteiger partial charge < -0.3 is 9.64 Å². The Hall–Kier alpha value is -0.730. The molecule has 0 spiro atoms. The van der Waals surface area contributed by atoms with E-state index in [0.29, 0.717) is 0 Å². The molecule has 0 atom stereocenters. The second-order valence-electron chi connectivity index (χ2n) is 3.75. The van der Waals surface area contributed by atoms with Gasteiger partial charge in [0.05, 0.1) is 7.11 Å². The van der Waals surface area contributed by atoms with E-state index in [-0.39, 0.29) is 12.4 Å². The zero-order valence-electron chi connectivity index (χ0n) is 9.69. The number of benzene rings is 1. The van der Waals surface area contributed by atoms with Crippen LogP contribution in [0.15, 0.2) is 24.3 Å². The van der Waals surface area contributed by atoms with E-state index in [9.17, 15) is 0 Å². The molecule has 0 unspecified atom stereocenters. The second kappa shape index (κ2) is 7.55. The average molecular weight is 230 g/mol. The van der Waals surface area contributed by atoms with Crippen LogP contribution in [0, 0.1) is 0 Å². The summed E-state index contributed by atoms with van der Waals surface area (Å²) in [4.78, 5) is 2.21. The first kappa shape index (κ1) is 14.3. The van der Waals surface area contributed by atoms with Gasteiger partial charge in [-0.1, -0.05) is 12.1 Å². The van der Waals surface area contributed by atoms with E-state index in [1.54, 1.807) is 7.11 Å². The minimum Gasteiger partial charge on any atom is -0.497 e. The topological polar surface area (TPSA) is 12.5 Å². The van der Waals surface area contributed by atoms with E-state index in [0.717, 1.165) is 18.7 Å². The van der Waals surface area contributed by atoms with Crippen LogP contribution in [0.4, 0.5) is 0 Å². The Morgan fingerprint density at radius 1 is 1.13 bits per heavy atom. The lowest BCUT2D eigenvalue weighted by molar-refractivity contribution is 0.400. The standard InChI is InChI=1S/C12H19NO.ClH/c1-13(2)10-4-5-11-6-8-12(14-3)9-7-11;/h6-9H,4-5,10H2,1-3H3;1H. The van der Waals surface area contributed by atoms with Crippen LogP contribution in [-0.4, -0.2) is 32.6 Å².